The molecule has 0 unspecified atom stereocenters. The molecule has 0 fully saturated rings. The summed E-state index contributed by atoms with van der Waals surface area (Å²) in [5, 5.41) is 9.76. The molecule has 2 aromatic rings. The molecule has 5 heteroatoms. The number of rotatable bonds is 3. The van der Waals surface area contributed by atoms with Crippen molar-refractivity contribution in [1.29, 1.82) is 0 Å². The Labute approximate surface area is 102 Å². The van der Waals surface area contributed by atoms with Gasteiger partial charge in [-0.2, -0.15) is 0 Å². The Morgan fingerprint density at radius 3 is 2.88 bits per heavy atom. The maximum Gasteiger partial charge on any atom is 0.309 e. The van der Waals surface area contributed by atoms with Gasteiger partial charge in [0.15, 0.2) is 0 Å². The van der Waals surface area contributed by atoms with Gasteiger partial charge in [0, 0.05) is 12.5 Å². The zero-order valence-electron chi connectivity index (χ0n) is 9.53. The summed E-state index contributed by atoms with van der Waals surface area (Å²) >= 11 is 1.41. The van der Waals surface area contributed by atoms with Crippen LogP contribution in [0.1, 0.15) is 18.9 Å². The average Bonchev–Trinajstić information content (AvgIpc) is 2.57. The van der Waals surface area contributed by atoms with Crippen molar-refractivity contribution in [2.45, 2.75) is 20.3 Å². The molecule has 1 aromatic heterocycles. The van der Waals surface area contributed by atoms with Crippen LogP contribution in [-0.2, 0) is 11.2 Å². The Morgan fingerprint density at radius 2 is 2.24 bits per heavy atom. The van der Waals surface area contributed by atoms with E-state index >= 15 is 0 Å². The minimum atomic E-state index is -0.858. The number of carboxylic acid groups (broad SMARTS) is 1. The standard InChI is InChI=1S/C12H12FNO2S/c1-12(2,11(15)16)6-10-14-8-5-7(13)3-4-9(8)17-10/h3-5H,6H2,1-2H3,(H,15,16). The Morgan fingerprint density at radius 1 is 1.53 bits per heavy atom. The summed E-state index contributed by atoms with van der Waals surface area (Å²) in [5.41, 5.74) is -0.266. The molecule has 0 spiro atoms. The molecule has 0 saturated heterocycles. The van der Waals surface area contributed by atoms with E-state index in [0.29, 0.717) is 11.9 Å². The smallest absolute Gasteiger partial charge is 0.309 e. The lowest BCUT2D eigenvalue weighted by Crippen LogP contribution is -2.26. The van der Waals surface area contributed by atoms with Gasteiger partial charge < -0.3 is 5.11 Å². The highest BCUT2D eigenvalue weighted by Gasteiger charge is 2.28. The summed E-state index contributed by atoms with van der Waals surface area (Å²) in [6.07, 6.45) is 0.350. The van der Waals surface area contributed by atoms with Crippen LogP contribution >= 0.6 is 11.3 Å². The number of carbonyl (C=O) groups is 1. The zero-order valence-corrected chi connectivity index (χ0v) is 10.3. The van der Waals surface area contributed by atoms with Gasteiger partial charge in [-0.15, -0.1) is 11.3 Å². The molecule has 1 heterocycles. The first-order chi connectivity index (χ1) is 7.88. The second kappa shape index (κ2) is 4.07. The summed E-state index contributed by atoms with van der Waals surface area (Å²) in [5.74, 6) is -1.19. The largest absolute Gasteiger partial charge is 0.481 e. The lowest BCUT2D eigenvalue weighted by Gasteiger charge is -2.16. The van der Waals surface area contributed by atoms with Crippen LogP contribution in [0.3, 0.4) is 0 Å². The number of hydrogen-bond donors (Lipinski definition) is 1. The predicted molar refractivity (Wildman–Crippen MR) is 64.7 cm³/mol. The van der Waals surface area contributed by atoms with E-state index in [4.69, 9.17) is 5.11 Å². The van der Waals surface area contributed by atoms with Crippen LogP contribution in [0.4, 0.5) is 4.39 Å². The van der Waals surface area contributed by atoms with Crippen LogP contribution < -0.4 is 0 Å². The second-order valence-corrected chi connectivity index (χ2v) is 5.70. The van der Waals surface area contributed by atoms with E-state index in [0.717, 1.165) is 9.71 Å². The molecular formula is C12H12FNO2S. The van der Waals surface area contributed by atoms with Crippen molar-refractivity contribution < 1.29 is 14.3 Å². The number of carboxylic acids is 1. The summed E-state index contributed by atoms with van der Waals surface area (Å²) in [7, 11) is 0. The first-order valence-electron chi connectivity index (χ1n) is 5.17. The molecule has 0 aliphatic carbocycles. The number of fused-ring (bicyclic) bond motifs is 1. The molecule has 0 bridgehead atoms. The van der Waals surface area contributed by atoms with Gasteiger partial charge in [0.2, 0.25) is 0 Å². The van der Waals surface area contributed by atoms with Gasteiger partial charge >= 0.3 is 5.97 Å². The van der Waals surface area contributed by atoms with Crippen LogP contribution in [0.2, 0.25) is 0 Å². The number of hydrogen-bond acceptors (Lipinski definition) is 3. The maximum atomic E-state index is 13.0. The van der Waals surface area contributed by atoms with Gasteiger partial charge in [-0.25, -0.2) is 9.37 Å². The highest BCUT2D eigenvalue weighted by molar-refractivity contribution is 7.18. The Hall–Kier alpha value is -1.49. The number of aliphatic carboxylic acids is 1. The normalized spacial score (nSPS) is 11.9. The number of aromatic nitrogens is 1. The third-order valence-electron chi connectivity index (χ3n) is 2.57. The minimum absolute atomic E-state index is 0.327. The second-order valence-electron chi connectivity index (χ2n) is 4.59. The molecule has 0 amide bonds. The third-order valence-corrected chi connectivity index (χ3v) is 3.60. The third kappa shape index (κ3) is 2.44. The maximum absolute atomic E-state index is 13.0. The number of halogens is 1. The van der Waals surface area contributed by atoms with E-state index in [1.807, 2.05) is 0 Å². The molecule has 2 rings (SSSR count). The first-order valence-corrected chi connectivity index (χ1v) is 5.98. The number of benzene rings is 1. The molecule has 90 valence electrons. The fourth-order valence-corrected chi connectivity index (χ4v) is 2.65. The van der Waals surface area contributed by atoms with Crippen LogP contribution in [0, 0.1) is 11.2 Å². The predicted octanol–water partition coefficient (Wildman–Crippen LogP) is 3.09. The Bertz CT molecular complexity index is 577. The van der Waals surface area contributed by atoms with Crippen molar-refractivity contribution >= 4 is 27.5 Å². The van der Waals surface area contributed by atoms with Crippen LogP contribution in [0.15, 0.2) is 18.2 Å². The van der Waals surface area contributed by atoms with Crippen molar-refractivity contribution in [3.63, 3.8) is 0 Å². The molecule has 0 aliphatic heterocycles. The van der Waals surface area contributed by atoms with Crippen molar-refractivity contribution in [3.8, 4) is 0 Å². The molecule has 0 radical (unpaired) electrons. The lowest BCUT2D eigenvalue weighted by atomic mass is 9.90. The summed E-state index contributed by atoms with van der Waals surface area (Å²) < 4.78 is 13.9. The van der Waals surface area contributed by atoms with Crippen LogP contribution in [0.5, 0.6) is 0 Å². The molecule has 0 saturated carbocycles. The summed E-state index contributed by atoms with van der Waals surface area (Å²) in [6.45, 7) is 3.31. The van der Waals surface area contributed by atoms with E-state index < -0.39 is 11.4 Å². The quantitative estimate of drug-likeness (QED) is 0.914. The van der Waals surface area contributed by atoms with Gasteiger partial charge in [0.25, 0.3) is 0 Å². The molecule has 0 atom stereocenters. The van der Waals surface area contributed by atoms with Crippen molar-refractivity contribution in [2.24, 2.45) is 5.41 Å². The van der Waals surface area contributed by atoms with E-state index in [1.165, 1.54) is 23.5 Å². The highest BCUT2D eigenvalue weighted by Crippen LogP contribution is 2.28. The van der Waals surface area contributed by atoms with Crippen molar-refractivity contribution in [3.05, 3.63) is 29.0 Å². The van der Waals surface area contributed by atoms with E-state index in [-0.39, 0.29) is 5.82 Å². The number of nitrogens with zero attached hydrogens (tertiary/aromatic N) is 1. The average molecular weight is 253 g/mol. The molecular weight excluding hydrogens is 241 g/mol. The fourth-order valence-electron chi connectivity index (χ4n) is 1.48. The first kappa shape index (κ1) is 12.0. The van der Waals surface area contributed by atoms with Crippen molar-refractivity contribution in [1.82, 2.24) is 4.98 Å². The van der Waals surface area contributed by atoms with Gasteiger partial charge in [0.1, 0.15) is 5.82 Å². The SMILES string of the molecule is CC(C)(Cc1nc2cc(F)ccc2s1)C(=O)O. The van der Waals surface area contributed by atoms with E-state index in [2.05, 4.69) is 4.98 Å². The molecule has 1 N–H and O–H groups in total. The van der Waals surface area contributed by atoms with Crippen molar-refractivity contribution in [2.75, 3.05) is 0 Å². The van der Waals surface area contributed by atoms with E-state index in [9.17, 15) is 9.18 Å². The zero-order chi connectivity index (χ0) is 12.6. The minimum Gasteiger partial charge on any atom is -0.481 e. The summed E-state index contributed by atoms with van der Waals surface area (Å²) in [6, 6.07) is 4.41. The topological polar surface area (TPSA) is 50.2 Å². The molecule has 3 nitrogen and oxygen atoms in total. The Balaban J connectivity index is 2.34. The van der Waals surface area contributed by atoms with E-state index in [1.54, 1.807) is 19.9 Å². The van der Waals surface area contributed by atoms with Crippen LogP contribution in [0.25, 0.3) is 10.2 Å². The highest BCUT2D eigenvalue weighted by atomic mass is 32.1. The number of thiazole rings is 1. The molecule has 17 heavy (non-hydrogen) atoms. The van der Waals surface area contributed by atoms with Gasteiger partial charge in [-0.05, 0) is 26.0 Å². The monoisotopic (exact) mass is 253 g/mol. The van der Waals surface area contributed by atoms with Gasteiger partial charge in [-0.1, -0.05) is 0 Å². The van der Waals surface area contributed by atoms with Gasteiger partial charge in [0.05, 0.1) is 20.6 Å². The fraction of sp³-hybridized carbons (Fsp3) is 0.333. The van der Waals surface area contributed by atoms with Crippen LogP contribution in [-0.4, -0.2) is 16.1 Å². The van der Waals surface area contributed by atoms with Gasteiger partial charge in [-0.3, -0.25) is 4.79 Å². The molecule has 0 aliphatic rings. The lowest BCUT2D eigenvalue weighted by molar-refractivity contribution is -0.146. The Kier molecular flexibility index (Phi) is 2.87. The summed E-state index contributed by atoms with van der Waals surface area (Å²) in [4.78, 5) is 15.3. The molecule has 1 aromatic carbocycles.